The molecule has 9 nitrogen and oxygen atoms in total. The largest absolute Gasteiger partial charge is 0.497 e. The topological polar surface area (TPSA) is 114 Å². The summed E-state index contributed by atoms with van der Waals surface area (Å²) in [4.78, 5) is 49.0. The normalized spacial score (nSPS) is 16.2. The van der Waals surface area contributed by atoms with Gasteiger partial charge in [0.15, 0.2) is 6.10 Å². The van der Waals surface area contributed by atoms with Crippen LogP contribution in [-0.4, -0.2) is 54.0 Å². The highest BCUT2D eigenvalue weighted by Gasteiger charge is 2.43. The molecule has 2 N–H and O–H groups in total. The van der Waals surface area contributed by atoms with Crippen LogP contribution in [0.25, 0.3) is 0 Å². The monoisotopic (exact) mass is 405 g/mol. The van der Waals surface area contributed by atoms with Gasteiger partial charge in [0.2, 0.25) is 0 Å². The zero-order chi connectivity index (χ0) is 21.6. The van der Waals surface area contributed by atoms with E-state index >= 15 is 0 Å². The number of amides is 4. The summed E-state index contributed by atoms with van der Waals surface area (Å²) in [7, 11) is 1.57. The van der Waals surface area contributed by atoms with E-state index < -0.39 is 29.6 Å². The predicted molar refractivity (Wildman–Crippen MR) is 104 cm³/mol. The quantitative estimate of drug-likeness (QED) is 0.474. The number of nitrogens with zero attached hydrogens (tertiary/aromatic N) is 1. The molecule has 1 aromatic carbocycles. The molecule has 0 unspecified atom stereocenters. The SMILES string of the molecule is COc1ccc(CNC(=O)[C@@H](C)OC(=O)CCCN2C(=O)NC(C)(C)C2=O)cc1. The second kappa shape index (κ2) is 9.40. The van der Waals surface area contributed by atoms with Gasteiger partial charge in [-0.05, 0) is 44.9 Å². The molecule has 0 radical (unpaired) electrons. The van der Waals surface area contributed by atoms with Gasteiger partial charge in [-0.1, -0.05) is 12.1 Å². The number of urea groups is 1. The van der Waals surface area contributed by atoms with E-state index in [1.54, 1.807) is 33.1 Å². The molecule has 1 heterocycles. The number of nitrogens with one attached hydrogen (secondary N) is 2. The molecule has 4 amide bonds. The fourth-order valence-electron chi connectivity index (χ4n) is 2.79. The lowest BCUT2D eigenvalue weighted by Crippen LogP contribution is -2.40. The first-order valence-corrected chi connectivity index (χ1v) is 9.38. The fourth-order valence-corrected chi connectivity index (χ4v) is 2.79. The Morgan fingerprint density at radius 2 is 1.86 bits per heavy atom. The molecule has 1 fully saturated rings. The number of methoxy groups -OCH3 is 1. The number of imide groups is 1. The van der Waals surface area contributed by atoms with Crippen molar-refractivity contribution in [2.75, 3.05) is 13.7 Å². The van der Waals surface area contributed by atoms with Crippen LogP contribution in [0.4, 0.5) is 4.79 Å². The summed E-state index contributed by atoms with van der Waals surface area (Å²) in [6.45, 7) is 5.14. The summed E-state index contributed by atoms with van der Waals surface area (Å²) in [6.07, 6.45) is -0.696. The lowest BCUT2D eigenvalue weighted by Gasteiger charge is -2.16. The van der Waals surface area contributed by atoms with E-state index in [4.69, 9.17) is 9.47 Å². The standard InChI is InChI=1S/C20H27N3O6/c1-13(17(25)21-12-14-7-9-15(28-4)10-8-14)29-16(24)6-5-11-23-18(26)20(2,3)22-19(23)27/h7-10,13H,5-6,11-12H2,1-4H3,(H,21,25)(H,22,27)/t13-/m1/s1. The number of carbonyl (C=O) groups is 4. The Labute approximate surface area is 169 Å². The number of hydrogen-bond donors (Lipinski definition) is 2. The highest BCUT2D eigenvalue weighted by atomic mass is 16.5. The van der Waals surface area contributed by atoms with Gasteiger partial charge in [0.1, 0.15) is 11.3 Å². The van der Waals surface area contributed by atoms with Gasteiger partial charge in [0, 0.05) is 19.5 Å². The van der Waals surface area contributed by atoms with E-state index in [9.17, 15) is 19.2 Å². The van der Waals surface area contributed by atoms with E-state index in [0.29, 0.717) is 6.54 Å². The minimum Gasteiger partial charge on any atom is -0.497 e. The first-order chi connectivity index (χ1) is 13.6. The zero-order valence-electron chi connectivity index (χ0n) is 17.1. The van der Waals surface area contributed by atoms with Crippen LogP contribution >= 0.6 is 0 Å². The number of carbonyl (C=O) groups excluding carboxylic acids is 4. The van der Waals surface area contributed by atoms with Gasteiger partial charge < -0.3 is 20.1 Å². The highest BCUT2D eigenvalue weighted by molar-refractivity contribution is 6.06. The summed E-state index contributed by atoms with van der Waals surface area (Å²) >= 11 is 0. The molecule has 158 valence electrons. The van der Waals surface area contributed by atoms with Crippen molar-refractivity contribution in [1.29, 1.82) is 0 Å². The Bertz CT molecular complexity index is 775. The molecule has 1 aliphatic heterocycles. The maximum absolute atomic E-state index is 12.1. The van der Waals surface area contributed by atoms with Crippen molar-refractivity contribution < 1.29 is 28.7 Å². The van der Waals surface area contributed by atoms with Crippen LogP contribution in [0.15, 0.2) is 24.3 Å². The first-order valence-electron chi connectivity index (χ1n) is 9.38. The highest BCUT2D eigenvalue weighted by Crippen LogP contribution is 2.17. The maximum atomic E-state index is 12.1. The second-order valence-electron chi connectivity index (χ2n) is 7.31. The molecule has 9 heteroatoms. The molecule has 0 aliphatic carbocycles. The molecule has 0 bridgehead atoms. The third-order valence-electron chi connectivity index (χ3n) is 4.51. The van der Waals surface area contributed by atoms with E-state index in [2.05, 4.69) is 10.6 Å². The number of esters is 1. The van der Waals surface area contributed by atoms with E-state index in [1.165, 1.54) is 6.92 Å². The molecule has 0 saturated carbocycles. The molecule has 29 heavy (non-hydrogen) atoms. The summed E-state index contributed by atoms with van der Waals surface area (Å²) in [5, 5.41) is 5.27. The summed E-state index contributed by atoms with van der Waals surface area (Å²) in [6, 6.07) is 6.76. The molecule has 1 saturated heterocycles. The number of rotatable bonds is 9. The molecule has 1 aliphatic rings. The van der Waals surface area contributed by atoms with Gasteiger partial charge in [-0.3, -0.25) is 19.3 Å². The van der Waals surface area contributed by atoms with Crippen molar-refractivity contribution in [2.45, 2.75) is 51.8 Å². The fraction of sp³-hybridized carbons (Fsp3) is 0.500. The molecular formula is C20H27N3O6. The van der Waals surface area contributed by atoms with Crippen LogP contribution in [0.5, 0.6) is 5.75 Å². The second-order valence-corrected chi connectivity index (χ2v) is 7.31. The Morgan fingerprint density at radius 1 is 1.21 bits per heavy atom. The number of benzene rings is 1. The lowest BCUT2D eigenvalue weighted by atomic mass is 10.1. The van der Waals surface area contributed by atoms with Crippen molar-refractivity contribution >= 4 is 23.8 Å². The van der Waals surface area contributed by atoms with E-state index in [0.717, 1.165) is 16.2 Å². The first kappa shape index (κ1) is 22.2. The van der Waals surface area contributed by atoms with Crippen LogP contribution in [0.1, 0.15) is 39.2 Å². The molecular weight excluding hydrogens is 378 g/mol. The van der Waals surface area contributed by atoms with Crippen LogP contribution < -0.4 is 15.4 Å². The number of ether oxygens (including phenoxy) is 2. The summed E-state index contributed by atoms with van der Waals surface area (Å²) < 4.78 is 10.2. The van der Waals surface area contributed by atoms with Crippen molar-refractivity contribution in [3.63, 3.8) is 0 Å². The van der Waals surface area contributed by atoms with Crippen LogP contribution in [0.3, 0.4) is 0 Å². The van der Waals surface area contributed by atoms with Crippen molar-refractivity contribution in [2.24, 2.45) is 0 Å². The summed E-state index contributed by atoms with van der Waals surface area (Å²) in [5.41, 5.74) is -0.0529. The Hall–Kier alpha value is -3.10. The average molecular weight is 405 g/mol. The Morgan fingerprint density at radius 3 is 2.41 bits per heavy atom. The smallest absolute Gasteiger partial charge is 0.325 e. The van der Waals surface area contributed by atoms with Gasteiger partial charge >= 0.3 is 12.0 Å². The number of hydrogen-bond acceptors (Lipinski definition) is 6. The van der Waals surface area contributed by atoms with E-state index in [-0.39, 0.29) is 25.3 Å². The van der Waals surface area contributed by atoms with E-state index in [1.807, 2.05) is 12.1 Å². The van der Waals surface area contributed by atoms with Gasteiger partial charge in [-0.15, -0.1) is 0 Å². The lowest BCUT2D eigenvalue weighted by molar-refractivity contribution is -0.155. The van der Waals surface area contributed by atoms with Gasteiger partial charge in [0.25, 0.3) is 11.8 Å². The van der Waals surface area contributed by atoms with Crippen molar-refractivity contribution in [3.8, 4) is 5.75 Å². The summed E-state index contributed by atoms with van der Waals surface area (Å²) in [5.74, 6) is -0.588. The third-order valence-corrected chi connectivity index (χ3v) is 4.51. The van der Waals surface area contributed by atoms with Crippen LogP contribution in [0.2, 0.25) is 0 Å². The van der Waals surface area contributed by atoms with Gasteiger partial charge in [-0.2, -0.15) is 0 Å². The zero-order valence-corrected chi connectivity index (χ0v) is 17.1. The molecule has 2 rings (SSSR count). The van der Waals surface area contributed by atoms with Crippen LogP contribution in [-0.2, 0) is 25.7 Å². The van der Waals surface area contributed by atoms with Crippen molar-refractivity contribution in [3.05, 3.63) is 29.8 Å². The third kappa shape index (κ3) is 5.94. The maximum Gasteiger partial charge on any atom is 0.325 e. The van der Waals surface area contributed by atoms with Gasteiger partial charge in [0.05, 0.1) is 7.11 Å². The minimum absolute atomic E-state index is 0.00636. The average Bonchev–Trinajstić information content (AvgIpc) is 2.87. The van der Waals surface area contributed by atoms with Gasteiger partial charge in [-0.25, -0.2) is 4.79 Å². The minimum atomic E-state index is -0.948. The molecule has 1 aromatic rings. The molecule has 0 spiro atoms. The Kier molecular flexibility index (Phi) is 7.19. The van der Waals surface area contributed by atoms with Crippen LogP contribution in [0, 0.1) is 0 Å². The van der Waals surface area contributed by atoms with Crippen molar-refractivity contribution in [1.82, 2.24) is 15.5 Å². The molecule has 1 atom stereocenters. The predicted octanol–water partition coefficient (Wildman–Crippen LogP) is 1.35. The molecule has 0 aromatic heterocycles. The Balaban J connectivity index is 1.70.